The molecule has 1 fully saturated rings. The van der Waals surface area contributed by atoms with E-state index in [0.717, 1.165) is 24.5 Å². The summed E-state index contributed by atoms with van der Waals surface area (Å²) >= 11 is 1.29. The van der Waals surface area contributed by atoms with Gasteiger partial charge >= 0.3 is 0 Å². The molecule has 1 aliphatic rings. The predicted octanol–water partition coefficient (Wildman–Crippen LogP) is 2.43. The van der Waals surface area contributed by atoms with Crippen molar-refractivity contribution in [2.24, 2.45) is 0 Å². The van der Waals surface area contributed by atoms with Gasteiger partial charge in [0.15, 0.2) is 0 Å². The third-order valence-electron chi connectivity index (χ3n) is 3.51. The van der Waals surface area contributed by atoms with Crippen molar-refractivity contribution in [3.05, 3.63) is 41.0 Å². The van der Waals surface area contributed by atoms with E-state index in [1.54, 1.807) is 0 Å². The Labute approximate surface area is 134 Å². The summed E-state index contributed by atoms with van der Waals surface area (Å²) in [5, 5.41) is 11.8. The average Bonchev–Trinajstić information content (AvgIpc) is 3.26. The van der Waals surface area contributed by atoms with Crippen molar-refractivity contribution < 1.29 is 13.9 Å². The van der Waals surface area contributed by atoms with Crippen LogP contribution in [0.15, 0.2) is 24.5 Å². The minimum Gasteiger partial charge on any atom is -0.371 e. The van der Waals surface area contributed by atoms with Crippen molar-refractivity contribution in [2.45, 2.75) is 18.9 Å². The summed E-state index contributed by atoms with van der Waals surface area (Å²) in [6.45, 7) is 0.726. The maximum atomic E-state index is 13.2. The maximum absolute atomic E-state index is 13.2. The van der Waals surface area contributed by atoms with E-state index in [4.69, 9.17) is 4.74 Å². The molecule has 0 radical (unpaired) electrons. The molecule has 1 atom stereocenters. The highest BCUT2D eigenvalue weighted by Crippen LogP contribution is 2.31. The monoisotopic (exact) mass is 333 g/mol. The number of fused-ring (bicyclic) bond motifs is 1. The van der Waals surface area contributed by atoms with Gasteiger partial charge in [0.2, 0.25) is 5.13 Å². The first-order valence-electron chi connectivity index (χ1n) is 7.10. The number of nitrogens with zero attached hydrogens (tertiary/aromatic N) is 4. The lowest BCUT2D eigenvalue weighted by molar-refractivity contribution is 0.102. The molecule has 1 unspecified atom stereocenters. The highest BCUT2D eigenvalue weighted by atomic mass is 32.1. The standard InChI is InChI=1S/C14H12FN5O2S/c15-8-3-4-11-16-9(7-20(11)6-8)12(21)17-14-19-18-13(23-14)10-2-1-5-22-10/h3-4,6-7,10H,1-2,5H2,(H,17,19,21). The van der Waals surface area contributed by atoms with Crippen LogP contribution in [0.2, 0.25) is 0 Å². The number of nitrogens with one attached hydrogen (secondary N) is 1. The van der Waals surface area contributed by atoms with Crippen LogP contribution >= 0.6 is 11.3 Å². The Morgan fingerprint density at radius 1 is 1.39 bits per heavy atom. The molecule has 0 saturated carbocycles. The van der Waals surface area contributed by atoms with E-state index < -0.39 is 11.7 Å². The molecule has 3 aromatic heterocycles. The van der Waals surface area contributed by atoms with Crippen LogP contribution in [0.3, 0.4) is 0 Å². The lowest BCUT2D eigenvalue weighted by Gasteiger charge is -2.02. The van der Waals surface area contributed by atoms with Gasteiger partial charge in [-0.1, -0.05) is 11.3 Å². The van der Waals surface area contributed by atoms with Gasteiger partial charge < -0.3 is 9.14 Å². The smallest absolute Gasteiger partial charge is 0.277 e. The first-order chi connectivity index (χ1) is 11.2. The zero-order valence-corrected chi connectivity index (χ0v) is 12.7. The minimum absolute atomic E-state index is 0.0312. The van der Waals surface area contributed by atoms with E-state index in [1.807, 2.05) is 0 Å². The molecule has 3 aromatic rings. The number of halogens is 1. The van der Waals surface area contributed by atoms with Crippen molar-refractivity contribution >= 4 is 28.0 Å². The van der Waals surface area contributed by atoms with Crippen molar-refractivity contribution in [1.29, 1.82) is 0 Å². The van der Waals surface area contributed by atoms with Gasteiger partial charge in [0.05, 0.1) is 0 Å². The number of anilines is 1. The fourth-order valence-electron chi connectivity index (χ4n) is 2.42. The summed E-state index contributed by atoms with van der Waals surface area (Å²) in [4.78, 5) is 16.4. The van der Waals surface area contributed by atoms with Gasteiger partial charge in [-0.25, -0.2) is 9.37 Å². The number of ether oxygens (including phenoxy) is 1. The molecule has 1 aliphatic heterocycles. The fraction of sp³-hybridized carbons (Fsp3) is 0.286. The Hall–Kier alpha value is -2.39. The highest BCUT2D eigenvalue weighted by molar-refractivity contribution is 7.15. The molecule has 0 aliphatic carbocycles. The second-order valence-electron chi connectivity index (χ2n) is 5.14. The Balaban J connectivity index is 1.52. The molecular formula is C14H12FN5O2S. The number of hydrogen-bond acceptors (Lipinski definition) is 6. The Kier molecular flexibility index (Phi) is 3.50. The zero-order chi connectivity index (χ0) is 15.8. The summed E-state index contributed by atoms with van der Waals surface area (Å²) in [7, 11) is 0. The van der Waals surface area contributed by atoms with Crippen molar-refractivity contribution in [1.82, 2.24) is 19.6 Å². The quantitative estimate of drug-likeness (QED) is 0.796. The SMILES string of the molecule is O=C(Nc1nnc(C2CCCO2)s1)c1cn2cc(F)ccc2n1. The van der Waals surface area contributed by atoms with E-state index in [9.17, 15) is 9.18 Å². The number of rotatable bonds is 3. The van der Waals surface area contributed by atoms with Gasteiger partial charge in [-0.2, -0.15) is 0 Å². The number of amides is 1. The van der Waals surface area contributed by atoms with E-state index in [1.165, 1.54) is 40.3 Å². The Morgan fingerprint density at radius 3 is 3.13 bits per heavy atom. The number of hydrogen-bond donors (Lipinski definition) is 1. The molecule has 0 aromatic carbocycles. The fourth-order valence-corrected chi connectivity index (χ4v) is 3.25. The second-order valence-corrected chi connectivity index (χ2v) is 6.15. The number of aromatic nitrogens is 4. The predicted molar refractivity (Wildman–Crippen MR) is 80.9 cm³/mol. The summed E-state index contributed by atoms with van der Waals surface area (Å²) in [5.41, 5.74) is 0.679. The van der Waals surface area contributed by atoms with Gasteiger partial charge in [-0.15, -0.1) is 10.2 Å². The molecule has 4 rings (SSSR count). The van der Waals surface area contributed by atoms with Gasteiger partial charge in [0, 0.05) is 19.0 Å². The van der Waals surface area contributed by atoms with Crippen LogP contribution < -0.4 is 5.32 Å². The maximum Gasteiger partial charge on any atom is 0.277 e. The summed E-state index contributed by atoms with van der Waals surface area (Å²) < 4.78 is 20.2. The number of carbonyl (C=O) groups excluding carboxylic acids is 1. The molecule has 1 amide bonds. The van der Waals surface area contributed by atoms with Gasteiger partial charge in [-0.05, 0) is 25.0 Å². The first kappa shape index (κ1) is 14.2. The van der Waals surface area contributed by atoms with Crippen LogP contribution in [0.25, 0.3) is 5.65 Å². The topological polar surface area (TPSA) is 81.4 Å². The first-order valence-corrected chi connectivity index (χ1v) is 7.91. The van der Waals surface area contributed by atoms with E-state index in [0.29, 0.717) is 10.8 Å². The minimum atomic E-state index is -0.413. The largest absolute Gasteiger partial charge is 0.371 e. The molecule has 7 nitrogen and oxygen atoms in total. The normalized spacial score (nSPS) is 17.7. The Bertz CT molecular complexity index is 871. The molecule has 23 heavy (non-hydrogen) atoms. The van der Waals surface area contributed by atoms with Crippen molar-refractivity contribution in [3.63, 3.8) is 0 Å². The Morgan fingerprint density at radius 2 is 2.30 bits per heavy atom. The molecule has 9 heteroatoms. The molecule has 118 valence electrons. The molecular weight excluding hydrogens is 321 g/mol. The van der Waals surface area contributed by atoms with Crippen molar-refractivity contribution in [2.75, 3.05) is 11.9 Å². The van der Waals surface area contributed by atoms with Crippen LogP contribution in [0.5, 0.6) is 0 Å². The molecule has 4 heterocycles. The van der Waals surface area contributed by atoms with Crippen LogP contribution in [-0.2, 0) is 4.74 Å². The van der Waals surface area contributed by atoms with Gasteiger partial charge in [-0.3, -0.25) is 10.1 Å². The number of carbonyl (C=O) groups is 1. The molecule has 0 spiro atoms. The number of pyridine rings is 1. The number of imidazole rings is 1. The molecule has 0 bridgehead atoms. The average molecular weight is 333 g/mol. The van der Waals surface area contributed by atoms with E-state index in [2.05, 4.69) is 20.5 Å². The van der Waals surface area contributed by atoms with Crippen LogP contribution in [0, 0.1) is 5.82 Å². The van der Waals surface area contributed by atoms with Crippen LogP contribution in [-0.4, -0.2) is 32.1 Å². The summed E-state index contributed by atoms with van der Waals surface area (Å²) in [6, 6.07) is 2.80. The van der Waals surface area contributed by atoms with E-state index >= 15 is 0 Å². The third kappa shape index (κ3) is 2.80. The summed E-state index contributed by atoms with van der Waals surface area (Å²) in [5.74, 6) is -0.809. The third-order valence-corrected chi connectivity index (χ3v) is 4.44. The van der Waals surface area contributed by atoms with Gasteiger partial charge in [0.25, 0.3) is 5.91 Å². The molecule has 1 saturated heterocycles. The molecule has 1 N–H and O–H groups in total. The van der Waals surface area contributed by atoms with Crippen LogP contribution in [0.1, 0.15) is 34.4 Å². The zero-order valence-electron chi connectivity index (χ0n) is 11.9. The second kappa shape index (κ2) is 5.67. The van der Waals surface area contributed by atoms with E-state index in [-0.39, 0.29) is 11.8 Å². The lowest BCUT2D eigenvalue weighted by atomic mass is 10.2. The highest BCUT2D eigenvalue weighted by Gasteiger charge is 2.22. The lowest BCUT2D eigenvalue weighted by Crippen LogP contribution is -2.12. The van der Waals surface area contributed by atoms with Crippen molar-refractivity contribution in [3.8, 4) is 0 Å². The van der Waals surface area contributed by atoms with Crippen LogP contribution in [0.4, 0.5) is 9.52 Å². The summed E-state index contributed by atoms with van der Waals surface area (Å²) in [6.07, 6.45) is 4.62. The van der Waals surface area contributed by atoms with Gasteiger partial charge in [0.1, 0.15) is 28.3 Å².